The summed E-state index contributed by atoms with van der Waals surface area (Å²) < 4.78 is 6.35. The van der Waals surface area contributed by atoms with Crippen LogP contribution in [0.3, 0.4) is 0 Å². The van der Waals surface area contributed by atoms with Gasteiger partial charge in [0.05, 0.1) is 12.2 Å². The largest absolute Gasteiger partial charge is 0.373 e. The highest BCUT2D eigenvalue weighted by molar-refractivity contribution is 5.21. The number of hydrogen-bond acceptors (Lipinski definition) is 3. The fourth-order valence-corrected chi connectivity index (χ4v) is 4.58. The molecule has 126 valence electrons. The molecule has 0 bridgehead atoms. The molecule has 1 spiro atoms. The lowest BCUT2D eigenvalue weighted by Gasteiger charge is -2.39. The molecule has 0 aliphatic carbocycles. The first-order valence-corrected chi connectivity index (χ1v) is 9.38. The molecule has 0 amide bonds. The average Bonchev–Trinajstić information content (AvgIpc) is 3.22. The fraction of sp³-hybridized carbons (Fsp3) is 0.700. The molecule has 3 heterocycles. The molecule has 0 radical (unpaired) electrons. The monoisotopic (exact) mass is 314 g/mol. The van der Waals surface area contributed by atoms with Crippen molar-refractivity contribution in [1.29, 1.82) is 0 Å². The van der Waals surface area contributed by atoms with E-state index in [-0.39, 0.29) is 5.60 Å². The molecule has 3 nitrogen and oxygen atoms in total. The lowest BCUT2D eigenvalue weighted by atomic mass is 9.87. The van der Waals surface area contributed by atoms with E-state index in [1.807, 2.05) is 0 Å². The zero-order valence-corrected chi connectivity index (χ0v) is 14.5. The van der Waals surface area contributed by atoms with Gasteiger partial charge in [-0.2, -0.15) is 0 Å². The van der Waals surface area contributed by atoms with Crippen molar-refractivity contribution in [2.75, 3.05) is 32.8 Å². The van der Waals surface area contributed by atoms with Gasteiger partial charge in [0.1, 0.15) is 0 Å². The third kappa shape index (κ3) is 3.47. The van der Waals surface area contributed by atoms with Crippen LogP contribution in [-0.2, 0) is 11.3 Å². The average molecular weight is 314 g/mol. The Morgan fingerprint density at radius 3 is 2.43 bits per heavy atom. The highest BCUT2D eigenvalue weighted by atomic mass is 16.5. The number of rotatable bonds is 3. The number of hydrogen-bond donors (Lipinski definition) is 0. The number of aryl methyl sites for hydroxylation is 1. The van der Waals surface area contributed by atoms with Crippen molar-refractivity contribution in [3.63, 3.8) is 0 Å². The van der Waals surface area contributed by atoms with E-state index < -0.39 is 0 Å². The molecule has 0 N–H and O–H groups in total. The van der Waals surface area contributed by atoms with Gasteiger partial charge in [-0.3, -0.25) is 9.80 Å². The first kappa shape index (κ1) is 15.6. The van der Waals surface area contributed by atoms with Crippen molar-refractivity contribution >= 4 is 0 Å². The van der Waals surface area contributed by atoms with Crippen LogP contribution in [0.4, 0.5) is 0 Å². The molecule has 0 saturated carbocycles. The maximum Gasteiger partial charge on any atom is 0.0723 e. The summed E-state index contributed by atoms with van der Waals surface area (Å²) in [4.78, 5) is 5.27. The molecule has 0 unspecified atom stereocenters. The van der Waals surface area contributed by atoms with Gasteiger partial charge in [0.2, 0.25) is 0 Å². The molecule has 23 heavy (non-hydrogen) atoms. The van der Waals surface area contributed by atoms with Crippen molar-refractivity contribution in [2.24, 2.45) is 0 Å². The Labute approximate surface area is 140 Å². The highest BCUT2D eigenvalue weighted by Gasteiger charge is 2.44. The number of ether oxygens (including phenoxy) is 1. The summed E-state index contributed by atoms with van der Waals surface area (Å²) in [6, 6.07) is 9.69. The van der Waals surface area contributed by atoms with E-state index in [2.05, 4.69) is 41.0 Å². The predicted molar refractivity (Wildman–Crippen MR) is 93.6 cm³/mol. The van der Waals surface area contributed by atoms with Crippen molar-refractivity contribution in [3.8, 4) is 0 Å². The molecular formula is C20H30N2O. The van der Waals surface area contributed by atoms with E-state index in [1.54, 1.807) is 0 Å². The number of likely N-dealkylation sites (tertiary alicyclic amines) is 2. The van der Waals surface area contributed by atoms with E-state index in [0.29, 0.717) is 6.04 Å². The second-order valence-electron chi connectivity index (χ2n) is 7.86. The molecule has 3 fully saturated rings. The molecule has 0 aromatic heterocycles. The summed E-state index contributed by atoms with van der Waals surface area (Å²) in [6.45, 7) is 9.17. The van der Waals surface area contributed by atoms with Crippen LogP contribution in [0.15, 0.2) is 24.3 Å². The Bertz CT molecular complexity index is 513. The Balaban J connectivity index is 1.29. The third-order valence-corrected chi connectivity index (χ3v) is 6.14. The first-order chi connectivity index (χ1) is 11.2. The minimum atomic E-state index is 0.192. The topological polar surface area (TPSA) is 15.7 Å². The molecular weight excluding hydrogens is 284 g/mol. The number of benzene rings is 1. The van der Waals surface area contributed by atoms with Crippen LogP contribution in [0.2, 0.25) is 0 Å². The van der Waals surface area contributed by atoms with Crippen molar-refractivity contribution in [3.05, 3.63) is 35.4 Å². The minimum Gasteiger partial charge on any atom is -0.373 e. The maximum atomic E-state index is 6.35. The molecule has 4 rings (SSSR count). The van der Waals surface area contributed by atoms with Crippen LogP contribution in [0.25, 0.3) is 0 Å². The van der Waals surface area contributed by atoms with Gasteiger partial charge in [-0.05, 0) is 57.7 Å². The van der Waals surface area contributed by atoms with E-state index >= 15 is 0 Å². The van der Waals surface area contributed by atoms with E-state index in [9.17, 15) is 0 Å². The van der Waals surface area contributed by atoms with Crippen LogP contribution >= 0.6 is 0 Å². The molecule has 1 aromatic rings. The van der Waals surface area contributed by atoms with Gasteiger partial charge in [-0.25, -0.2) is 0 Å². The Hall–Kier alpha value is -0.900. The molecule has 3 saturated heterocycles. The predicted octanol–water partition coefficient (Wildman–Crippen LogP) is 3.21. The zero-order chi connectivity index (χ0) is 15.7. The first-order valence-electron chi connectivity index (χ1n) is 9.38. The lowest BCUT2D eigenvalue weighted by molar-refractivity contribution is -0.0452. The number of nitrogens with zero attached hydrogens (tertiary/aromatic N) is 2. The van der Waals surface area contributed by atoms with Crippen LogP contribution in [0, 0.1) is 6.92 Å². The SMILES string of the molecule is Cc1ccc(CN2CCC3(CC2)C[C@@H](N2CCCC2)CO3)cc1. The maximum absolute atomic E-state index is 6.35. The standard InChI is InChI=1S/C20H30N2O/c1-17-4-6-18(7-5-17)15-21-12-8-20(9-13-21)14-19(16-23-20)22-10-2-3-11-22/h4-7,19H,2-3,8-16H2,1H3/t19-/m1/s1. The summed E-state index contributed by atoms with van der Waals surface area (Å²) in [7, 11) is 0. The van der Waals surface area contributed by atoms with Crippen LogP contribution < -0.4 is 0 Å². The molecule has 1 atom stereocenters. The summed E-state index contributed by atoms with van der Waals surface area (Å²) in [5.74, 6) is 0. The highest BCUT2D eigenvalue weighted by Crippen LogP contribution is 2.38. The second-order valence-corrected chi connectivity index (χ2v) is 7.86. The summed E-state index contributed by atoms with van der Waals surface area (Å²) in [5.41, 5.74) is 2.98. The van der Waals surface area contributed by atoms with E-state index in [0.717, 1.165) is 13.2 Å². The normalized spacial score (nSPS) is 28.7. The molecule has 3 heteroatoms. The Kier molecular flexibility index (Phi) is 4.44. The molecule has 3 aliphatic rings. The van der Waals surface area contributed by atoms with Crippen LogP contribution in [0.1, 0.15) is 43.2 Å². The van der Waals surface area contributed by atoms with Gasteiger partial charge in [-0.15, -0.1) is 0 Å². The lowest BCUT2D eigenvalue weighted by Crippen LogP contribution is -2.44. The fourth-order valence-electron chi connectivity index (χ4n) is 4.58. The van der Waals surface area contributed by atoms with E-state index in [1.165, 1.54) is 69.4 Å². The van der Waals surface area contributed by atoms with Crippen LogP contribution in [-0.4, -0.2) is 54.2 Å². The van der Waals surface area contributed by atoms with Gasteiger partial charge in [0, 0.05) is 25.7 Å². The van der Waals surface area contributed by atoms with Gasteiger partial charge in [0.25, 0.3) is 0 Å². The Morgan fingerprint density at radius 1 is 1.04 bits per heavy atom. The molecule has 3 aliphatic heterocycles. The summed E-state index contributed by atoms with van der Waals surface area (Å²) in [5, 5.41) is 0. The number of piperidine rings is 1. The zero-order valence-electron chi connectivity index (χ0n) is 14.5. The van der Waals surface area contributed by atoms with Crippen LogP contribution in [0.5, 0.6) is 0 Å². The van der Waals surface area contributed by atoms with Gasteiger partial charge < -0.3 is 4.74 Å². The van der Waals surface area contributed by atoms with Crippen molar-refractivity contribution in [1.82, 2.24) is 9.80 Å². The summed E-state index contributed by atoms with van der Waals surface area (Å²) >= 11 is 0. The van der Waals surface area contributed by atoms with Crippen molar-refractivity contribution < 1.29 is 4.74 Å². The smallest absolute Gasteiger partial charge is 0.0723 e. The van der Waals surface area contributed by atoms with Crippen molar-refractivity contribution in [2.45, 2.75) is 57.2 Å². The van der Waals surface area contributed by atoms with Gasteiger partial charge >= 0.3 is 0 Å². The second kappa shape index (κ2) is 6.54. The minimum absolute atomic E-state index is 0.192. The Morgan fingerprint density at radius 2 is 1.74 bits per heavy atom. The summed E-state index contributed by atoms with van der Waals surface area (Å²) in [6.07, 6.45) is 6.46. The molecule has 1 aromatic carbocycles. The quantitative estimate of drug-likeness (QED) is 0.852. The third-order valence-electron chi connectivity index (χ3n) is 6.14. The van der Waals surface area contributed by atoms with Gasteiger partial charge in [0.15, 0.2) is 0 Å². The van der Waals surface area contributed by atoms with Gasteiger partial charge in [-0.1, -0.05) is 29.8 Å². The van der Waals surface area contributed by atoms with E-state index in [4.69, 9.17) is 4.74 Å².